The molecular formula is C18H24N4O3S. The highest BCUT2D eigenvalue weighted by Crippen LogP contribution is 2.24. The molecule has 1 aliphatic heterocycles. The topological polar surface area (TPSA) is 84.3 Å². The van der Waals surface area contributed by atoms with Crippen LogP contribution in [0.15, 0.2) is 41.8 Å². The summed E-state index contributed by atoms with van der Waals surface area (Å²) in [6.07, 6.45) is 4.08. The van der Waals surface area contributed by atoms with Gasteiger partial charge in [-0.2, -0.15) is 4.31 Å². The Morgan fingerprint density at radius 1 is 1.31 bits per heavy atom. The third kappa shape index (κ3) is 3.96. The molecule has 0 atom stereocenters. The molecule has 2 heterocycles. The number of benzene rings is 1. The van der Waals surface area contributed by atoms with E-state index in [2.05, 4.69) is 10.3 Å². The van der Waals surface area contributed by atoms with Crippen LogP contribution in [0.25, 0.3) is 0 Å². The van der Waals surface area contributed by atoms with Crippen LogP contribution in [0.1, 0.15) is 25.3 Å². The van der Waals surface area contributed by atoms with Gasteiger partial charge in [-0.15, -0.1) is 0 Å². The number of hydrogen-bond acceptors (Lipinski definition) is 4. The molecule has 0 aliphatic carbocycles. The molecule has 0 bridgehead atoms. The van der Waals surface area contributed by atoms with Gasteiger partial charge in [-0.25, -0.2) is 13.4 Å². The van der Waals surface area contributed by atoms with Crippen LogP contribution in [0.5, 0.6) is 0 Å². The number of carbonyl (C=O) groups is 1. The van der Waals surface area contributed by atoms with Gasteiger partial charge in [0.25, 0.3) is 10.0 Å². The molecule has 1 aromatic carbocycles. The average molecular weight is 376 g/mol. The van der Waals surface area contributed by atoms with Gasteiger partial charge in [0.05, 0.1) is 6.33 Å². The minimum atomic E-state index is -3.60. The van der Waals surface area contributed by atoms with Gasteiger partial charge >= 0.3 is 0 Å². The van der Waals surface area contributed by atoms with E-state index in [-0.39, 0.29) is 16.9 Å². The second-order valence-electron chi connectivity index (χ2n) is 6.58. The van der Waals surface area contributed by atoms with E-state index in [1.165, 1.54) is 10.6 Å². The molecule has 1 amide bonds. The first-order chi connectivity index (χ1) is 12.4. The Balaban J connectivity index is 1.60. The van der Waals surface area contributed by atoms with E-state index < -0.39 is 10.0 Å². The summed E-state index contributed by atoms with van der Waals surface area (Å²) in [5, 5.41) is 3.00. The minimum absolute atomic E-state index is 0.0529. The fraction of sp³-hybridized carbons (Fsp3) is 0.444. The van der Waals surface area contributed by atoms with Crippen LogP contribution in [-0.2, 0) is 21.4 Å². The Labute approximate surface area is 154 Å². The Kier molecular flexibility index (Phi) is 5.43. The molecule has 1 aromatic heterocycles. The van der Waals surface area contributed by atoms with Crippen molar-refractivity contribution in [3.63, 3.8) is 0 Å². The van der Waals surface area contributed by atoms with E-state index in [0.29, 0.717) is 32.5 Å². The number of rotatable bonds is 5. The van der Waals surface area contributed by atoms with Crippen LogP contribution in [0.3, 0.4) is 0 Å². The van der Waals surface area contributed by atoms with Crippen molar-refractivity contribution in [3.05, 3.63) is 42.4 Å². The van der Waals surface area contributed by atoms with E-state index >= 15 is 0 Å². The summed E-state index contributed by atoms with van der Waals surface area (Å²) in [4.78, 5) is 16.5. The second-order valence-corrected chi connectivity index (χ2v) is 8.46. The van der Waals surface area contributed by atoms with E-state index in [4.69, 9.17) is 0 Å². The van der Waals surface area contributed by atoms with Crippen molar-refractivity contribution in [2.45, 2.75) is 38.3 Å². The fourth-order valence-corrected chi connectivity index (χ4v) is 4.51. The van der Waals surface area contributed by atoms with Gasteiger partial charge in [0.15, 0.2) is 5.03 Å². The maximum atomic E-state index is 12.7. The van der Waals surface area contributed by atoms with Crippen molar-refractivity contribution in [2.24, 2.45) is 5.92 Å². The first-order valence-corrected chi connectivity index (χ1v) is 10.2. The number of imidazole rings is 1. The summed E-state index contributed by atoms with van der Waals surface area (Å²) in [7, 11) is -3.60. The predicted molar refractivity (Wildman–Crippen MR) is 99.2 cm³/mol. The average Bonchev–Trinajstić information content (AvgIpc) is 3.12. The highest BCUT2D eigenvalue weighted by molar-refractivity contribution is 7.89. The van der Waals surface area contributed by atoms with Crippen LogP contribution in [0, 0.1) is 12.8 Å². The molecule has 1 aliphatic rings. The summed E-state index contributed by atoms with van der Waals surface area (Å²) in [5.41, 5.74) is 1.85. The van der Waals surface area contributed by atoms with E-state index in [1.807, 2.05) is 38.1 Å². The van der Waals surface area contributed by atoms with E-state index in [1.54, 1.807) is 10.8 Å². The Bertz CT molecular complexity index is 883. The number of nitrogens with zero attached hydrogens (tertiary/aromatic N) is 3. The molecule has 1 N–H and O–H groups in total. The summed E-state index contributed by atoms with van der Waals surface area (Å²) < 4.78 is 28.5. The molecule has 8 heteroatoms. The van der Waals surface area contributed by atoms with Crippen LogP contribution in [0.2, 0.25) is 0 Å². The largest absolute Gasteiger partial charge is 0.336 e. The predicted octanol–water partition coefficient (Wildman–Crippen LogP) is 2.25. The molecule has 0 spiro atoms. The lowest BCUT2D eigenvalue weighted by atomic mass is 9.97. The SMILES string of the molecule is CCn1cnc(S(=O)(=O)N2CCC(C(=O)Nc3cccc(C)c3)CC2)c1. The molecule has 2 aromatic rings. The summed E-state index contributed by atoms with van der Waals surface area (Å²) in [6, 6.07) is 7.64. The van der Waals surface area contributed by atoms with E-state index in [9.17, 15) is 13.2 Å². The van der Waals surface area contributed by atoms with Gasteiger partial charge in [-0.3, -0.25) is 4.79 Å². The van der Waals surface area contributed by atoms with Gasteiger partial charge in [0.1, 0.15) is 0 Å². The molecule has 0 radical (unpaired) electrons. The maximum Gasteiger partial charge on any atom is 0.262 e. The molecule has 140 valence electrons. The molecule has 26 heavy (non-hydrogen) atoms. The summed E-state index contributed by atoms with van der Waals surface area (Å²) in [6.45, 7) is 5.22. The number of anilines is 1. The smallest absolute Gasteiger partial charge is 0.262 e. The maximum absolute atomic E-state index is 12.7. The van der Waals surface area contributed by atoms with Crippen molar-refractivity contribution >= 4 is 21.6 Å². The zero-order valence-corrected chi connectivity index (χ0v) is 15.9. The fourth-order valence-electron chi connectivity index (χ4n) is 3.10. The number of amides is 1. The molecule has 1 saturated heterocycles. The monoisotopic (exact) mass is 376 g/mol. The van der Waals surface area contributed by atoms with E-state index in [0.717, 1.165) is 11.3 Å². The van der Waals surface area contributed by atoms with Gasteiger partial charge in [-0.05, 0) is 44.4 Å². The van der Waals surface area contributed by atoms with Crippen molar-refractivity contribution < 1.29 is 13.2 Å². The number of nitrogens with one attached hydrogen (secondary N) is 1. The van der Waals surface area contributed by atoms with Crippen LogP contribution >= 0.6 is 0 Å². The normalized spacial score (nSPS) is 16.5. The van der Waals surface area contributed by atoms with Crippen molar-refractivity contribution in [1.29, 1.82) is 0 Å². The summed E-state index contributed by atoms with van der Waals surface area (Å²) >= 11 is 0. The Morgan fingerprint density at radius 3 is 2.65 bits per heavy atom. The van der Waals surface area contributed by atoms with Crippen molar-refractivity contribution in [3.8, 4) is 0 Å². The zero-order chi connectivity index (χ0) is 18.7. The number of piperidine rings is 1. The summed E-state index contributed by atoms with van der Waals surface area (Å²) in [5.74, 6) is -0.238. The lowest BCUT2D eigenvalue weighted by molar-refractivity contribution is -0.120. The number of carbonyl (C=O) groups excluding carboxylic acids is 1. The van der Waals surface area contributed by atoms with Crippen molar-refractivity contribution in [2.75, 3.05) is 18.4 Å². The van der Waals surface area contributed by atoms with Crippen molar-refractivity contribution in [1.82, 2.24) is 13.9 Å². The standard InChI is InChI=1S/C18H24N4O3S/c1-3-21-12-17(19-13-21)26(24,25)22-9-7-15(8-10-22)18(23)20-16-6-4-5-14(2)11-16/h4-6,11-13,15H,3,7-10H2,1-2H3,(H,20,23). The highest BCUT2D eigenvalue weighted by atomic mass is 32.2. The second kappa shape index (κ2) is 7.59. The molecule has 7 nitrogen and oxygen atoms in total. The first kappa shape index (κ1) is 18.6. The molecule has 1 fully saturated rings. The Morgan fingerprint density at radius 2 is 2.04 bits per heavy atom. The lowest BCUT2D eigenvalue weighted by Crippen LogP contribution is -2.41. The molecule has 3 rings (SSSR count). The highest BCUT2D eigenvalue weighted by Gasteiger charge is 2.33. The van der Waals surface area contributed by atoms with Gasteiger partial charge in [0, 0.05) is 37.4 Å². The van der Waals surface area contributed by atoms with Gasteiger partial charge in [0.2, 0.25) is 5.91 Å². The molecular weight excluding hydrogens is 352 g/mol. The number of aromatic nitrogens is 2. The van der Waals surface area contributed by atoms with Gasteiger partial charge < -0.3 is 9.88 Å². The number of sulfonamides is 1. The third-order valence-electron chi connectivity index (χ3n) is 4.69. The van der Waals surface area contributed by atoms with Crippen LogP contribution in [-0.4, -0.2) is 41.3 Å². The Hall–Kier alpha value is -2.19. The minimum Gasteiger partial charge on any atom is -0.336 e. The molecule has 0 saturated carbocycles. The number of aryl methyl sites for hydroxylation is 2. The first-order valence-electron chi connectivity index (χ1n) is 8.79. The number of hydrogen-bond donors (Lipinski definition) is 1. The lowest BCUT2D eigenvalue weighted by Gasteiger charge is -2.29. The van der Waals surface area contributed by atoms with Crippen LogP contribution < -0.4 is 5.32 Å². The van der Waals surface area contributed by atoms with Gasteiger partial charge in [-0.1, -0.05) is 12.1 Å². The third-order valence-corrected chi connectivity index (χ3v) is 6.47. The quantitative estimate of drug-likeness (QED) is 0.867. The van der Waals surface area contributed by atoms with Crippen LogP contribution in [0.4, 0.5) is 5.69 Å². The zero-order valence-electron chi connectivity index (χ0n) is 15.1. The molecule has 0 unspecified atom stereocenters.